The van der Waals surface area contributed by atoms with Crippen molar-refractivity contribution in [1.29, 1.82) is 0 Å². The van der Waals surface area contributed by atoms with Crippen LogP contribution in [0.15, 0.2) is 122 Å². The number of carbonyl (C=O) groups is 1. The standard InChI is InChI=1S/C54H91N2O6P/c1-6-8-10-12-14-16-18-20-21-22-23-24-25-26-27-28-29-30-31-32-33-34-35-36-38-40-42-44-46-48-54(58)55-52(51-62-63(59,60)61-50-49-56(3,4)5)53(57)47-45-43-41-39-37-19-17-15-13-11-9-7-2/h8,10,14,16,20-21,23-24,26-27,29-30,32-33,35-37,39,45,47,52-53,57H,6-7,9,11-13,15,17-19,22,25,28,31,34,38,40-44,46,48-51H2,1-5H3,(H-,55,58,59,60)/p+1/b10-8-,16-14-,21-20-,24-23-,27-26-,30-29-,33-32-,36-35-,39-37+,47-45+. The first-order valence-electron chi connectivity index (χ1n) is 24.4. The van der Waals surface area contributed by atoms with E-state index in [1.54, 1.807) is 6.08 Å². The Labute approximate surface area is 386 Å². The van der Waals surface area contributed by atoms with E-state index in [-0.39, 0.29) is 19.1 Å². The van der Waals surface area contributed by atoms with Crippen molar-refractivity contribution in [2.75, 3.05) is 40.9 Å². The minimum atomic E-state index is -4.36. The smallest absolute Gasteiger partial charge is 0.387 e. The topological polar surface area (TPSA) is 105 Å². The molecule has 0 saturated heterocycles. The first-order chi connectivity index (χ1) is 30.5. The summed E-state index contributed by atoms with van der Waals surface area (Å²) < 4.78 is 23.5. The third kappa shape index (κ3) is 46.7. The second kappa shape index (κ2) is 44.1. The molecule has 0 aromatic carbocycles. The maximum Gasteiger partial charge on any atom is 0.472 e. The fourth-order valence-electron chi connectivity index (χ4n) is 6.07. The number of phosphoric ester groups is 1. The molecule has 0 rings (SSSR count). The van der Waals surface area contributed by atoms with E-state index in [0.717, 1.165) is 103 Å². The Morgan fingerprint density at radius 3 is 1.46 bits per heavy atom. The van der Waals surface area contributed by atoms with E-state index in [2.05, 4.69) is 129 Å². The van der Waals surface area contributed by atoms with Gasteiger partial charge in [-0.1, -0.05) is 180 Å². The van der Waals surface area contributed by atoms with Crippen LogP contribution in [0.25, 0.3) is 0 Å². The molecule has 8 nitrogen and oxygen atoms in total. The zero-order valence-electron chi connectivity index (χ0n) is 40.5. The van der Waals surface area contributed by atoms with Crippen molar-refractivity contribution in [2.24, 2.45) is 0 Å². The number of carbonyl (C=O) groups excluding carboxylic acids is 1. The van der Waals surface area contributed by atoms with Gasteiger partial charge in [-0.05, 0) is 96.3 Å². The Kier molecular flexibility index (Phi) is 41.9. The Morgan fingerprint density at radius 1 is 0.556 bits per heavy atom. The molecule has 0 aliphatic rings. The van der Waals surface area contributed by atoms with Crippen molar-refractivity contribution < 1.29 is 32.9 Å². The van der Waals surface area contributed by atoms with E-state index >= 15 is 0 Å². The second-order valence-electron chi connectivity index (χ2n) is 17.1. The minimum Gasteiger partial charge on any atom is -0.387 e. The Hall–Kier alpha value is -3.10. The van der Waals surface area contributed by atoms with Crippen molar-refractivity contribution in [3.05, 3.63) is 122 Å². The number of aliphatic hydroxyl groups excluding tert-OH is 1. The Bertz CT molecular complexity index is 1430. The van der Waals surface area contributed by atoms with Gasteiger partial charge in [-0.3, -0.25) is 13.8 Å². The number of aliphatic hydroxyl groups is 1. The number of nitrogens with zero attached hydrogens (tertiary/aromatic N) is 1. The van der Waals surface area contributed by atoms with Gasteiger partial charge >= 0.3 is 7.82 Å². The van der Waals surface area contributed by atoms with E-state index in [0.29, 0.717) is 17.4 Å². The highest BCUT2D eigenvalue weighted by molar-refractivity contribution is 7.47. The van der Waals surface area contributed by atoms with Crippen molar-refractivity contribution in [2.45, 2.75) is 174 Å². The normalized spacial score (nSPS) is 15.2. The summed E-state index contributed by atoms with van der Waals surface area (Å²) >= 11 is 0. The molecule has 0 saturated carbocycles. The maximum atomic E-state index is 12.9. The van der Waals surface area contributed by atoms with Crippen LogP contribution >= 0.6 is 7.82 Å². The van der Waals surface area contributed by atoms with Crippen molar-refractivity contribution in [3.63, 3.8) is 0 Å². The predicted molar refractivity (Wildman–Crippen MR) is 272 cm³/mol. The molecule has 0 fully saturated rings. The summed E-state index contributed by atoms with van der Waals surface area (Å²) in [5, 5.41) is 13.8. The number of hydrogen-bond donors (Lipinski definition) is 3. The first-order valence-corrected chi connectivity index (χ1v) is 25.9. The van der Waals surface area contributed by atoms with Crippen LogP contribution in [0.1, 0.15) is 162 Å². The minimum absolute atomic E-state index is 0.0434. The van der Waals surface area contributed by atoms with E-state index in [1.807, 2.05) is 27.2 Å². The molecule has 0 spiro atoms. The maximum absolute atomic E-state index is 12.9. The summed E-state index contributed by atoms with van der Waals surface area (Å²) in [6, 6.07) is -0.885. The summed E-state index contributed by atoms with van der Waals surface area (Å²) in [5.41, 5.74) is 0. The monoisotopic (exact) mass is 896 g/mol. The SMILES string of the molecule is CC/C=C\C/C=C\C/C=C\C/C=C\C/C=C\C/C=C\C/C=C\C/C=C\CCCCCCC(=O)NC(COP(=O)(O)OCC[N+](C)(C)C)C(O)/C=C/CC/C=C/CCCCCCCC. The third-order valence-electron chi connectivity index (χ3n) is 9.92. The lowest BCUT2D eigenvalue weighted by molar-refractivity contribution is -0.870. The summed E-state index contributed by atoms with van der Waals surface area (Å²) in [5.74, 6) is -0.219. The van der Waals surface area contributed by atoms with Crippen LogP contribution in [0.3, 0.4) is 0 Å². The van der Waals surface area contributed by atoms with Crippen molar-refractivity contribution >= 4 is 13.7 Å². The van der Waals surface area contributed by atoms with Gasteiger partial charge < -0.3 is 19.8 Å². The molecule has 1 amide bonds. The summed E-state index contributed by atoms with van der Waals surface area (Å²) in [7, 11) is 1.51. The lowest BCUT2D eigenvalue weighted by Gasteiger charge is -2.25. The van der Waals surface area contributed by atoms with E-state index in [4.69, 9.17) is 9.05 Å². The van der Waals surface area contributed by atoms with Crippen LogP contribution in [-0.2, 0) is 18.4 Å². The van der Waals surface area contributed by atoms with Gasteiger partial charge in [0.05, 0.1) is 39.9 Å². The number of quaternary nitrogens is 1. The molecule has 0 aliphatic carbocycles. The van der Waals surface area contributed by atoms with E-state index < -0.39 is 20.0 Å². The first kappa shape index (κ1) is 59.9. The Balaban J connectivity index is 4.38. The van der Waals surface area contributed by atoms with Crippen molar-refractivity contribution in [1.82, 2.24) is 5.32 Å². The van der Waals surface area contributed by atoms with Gasteiger partial charge in [-0.25, -0.2) is 4.57 Å². The van der Waals surface area contributed by atoms with Crippen LogP contribution in [0, 0.1) is 0 Å². The number of hydrogen-bond acceptors (Lipinski definition) is 5. The second-order valence-corrected chi connectivity index (χ2v) is 18.5. The summed E-state index contributed by atoms with van der Waals surface area (Å²) in [4.78, 5) is 23.1. The number of likely N-dealkylation sites (N-methyl/N-ethyl adjacent to an activating group) is 1. The predicted octanol–water partition coefficient (Wildman–Crippen LogP) is 14.2. The number of amides is 1. The molecule has 9 heteroatoms. The van der Waals surface area contributed by atoms with Gasteiger partial charge in [-0.2, -0.15) is 0 Å². The van der Waals surface area contributed by atoms with E-state index in [1.165, 1.54) is 38.5 Å². The number of rotatable bonds is 42. The molecule has 0 aromatic rings. The Morgan fingerprint density at radius 2 is 0.968 bits per heavy atom. The quantitative estimate of drug-likeness (QED) is 0.0244. The lowest BCUT2D eigenvalue weighted by atomic mass is 10.1. The average Bonchev–Trinajstić information content (AvgIpc) is 3.24. The fraction of sp³-hybridized carbons (Fsp3) is 0.611. The number of allylic oxidation sites excluding steroid dienone is 19. The zero-order chi connectivity index (χ0) is 46.4. The van der Waals surface area contributed by atoms with Crippen LogP contribution in [0.4, 0.5) is 0 Å². The molecular formula is C54H92N2O6P+. The summed E-state index contributed by atoms with van der Waals surface area (Å²) in [6.45, 7) is 4.60. The van der Waals surface area contributed by atoms with Crippen molar-refractivity contribution in [3.8, 4) is 0 Å². The summed E-state index contributed by atoms with van der Waals surface area (Å²) in [6.07, 6.45) is 65.7. The van der Waals surface area contributed by atoms with Gasteiger partial charge in [-0.15, -0.1) is 0 Å². The highest BCUT2D eigenvalue weighted by atomic mass is 31.2. The zero-order valence-corrected chi connectivity index (χ0v) is 41.4. The molecule has 0 aromatic heterocycles. The highest BCUT2D eigenvalue weighted by Gasteiger charge is 2.27. The van der Waals surface area contributed by atoms with Crippen LogP contribution in [-0.4, -0.2) is 73.4 Å². The molecule has 3 unspecified atom stereocenters. The number of unbranched alkanes of at least 4 members (excludes halogenated alkanes) is 11. The van der Waals surface area contributed by atoms with Gasteiger partial charge in [0.15, 0.2) is 0 Å². The average molecular weight is 896 g/mol. The molecule has 0 bridgehead atoms. The third-order valence-corrected chi connectivity index (χ3v) is 10.9. The lowest BCUT2D eigenvalue weighted by Crippen LogP contribution is -2.45. The molecule has 358 valence electrons. The molecule has 3 N–H and O–H groups in total. The fourth-order valence-corrected chi connectivity index (χ4v) is 6.81. The number of nitrogens with one attached hydrogen (secondary N) is 1. The molecule has 0 heterocycles. The highest BCUT2D eigenvalue weighted by Crippen LogP contribution is 2.43. The molecular weight excluding hydrogens is 804 g/mol. The number of phosphoric acid groups is 1. The largest absolute Gasteiger partial charge is 0.472 e. The molecule has 0 radical (unpaired) electrons. The van der Waals surface area contributed by atoms with E-state index in [9.17, 15) is 19.4 Å². The van der Waals surface area contributed by atoms with Gasteiger partial charge in [0, 0.05) is 6.42 Å². The molecule has 3 atom stereocenters. The molecule has 63 heavy (non-hydrogen) atoms. The van der Waals surface area contributed by atoms with Crippen LogP contribution < -0.4 is 5.32 Å². The van der Waals surface area contributed by atoms with Gasteiger partial charge in [0.1, 0.15) is 13.2 Å². The van der Waals surface area contributed by atoms with Crippen LogP contribution in [0.2, 0.25) is 0 Å². The molecule has 0 aliphatic heterocycles. The van der Waals surface area contributed by atoms with Gasteiger partial charge in [0.2, 0.25) is 5.91 Å². The van der Waals surface area contributed by atoms with Crippen LogP contribution in [0.5, 0.6) is 0 Å². The van der Waals surface area contributed by atoms with Gasteiger partial charge in [0.25, 0.3) is 0 Å².